The zero-order chi connectivity index (χ0) is 11.6. The van der Waals surface area contributed by atoms with Gasteiger partial charge in [0.2, 0.25) is 0 Å². The van der Waals surface area contributed by atoms with Crippen LogP contribution in [0.15, 0.2) is 6.33 Å². The minimum absolute atomic E-state index is 0.327. The first kappa shape index (κ1) is 13.2. The van der Waals surface area contributed by atoms with Gasteiger partial charge in [0, 0.05) is 0 Å². The Bertz CT molecular complexity index is 246. The number of aromatic nitrogens is 3. The number of nitrogens with zero attached hydrogens (tertiary/aromatic N) is 2. The van der Waals surface area contributed by atoms with Crippen LogP contribution in [0.1, 0.15) is 63.7 Å². The second-order valence-electron chi connectivity index (χ2n) is 4.27. The van der Waals surface area contributed by atoms with Crippen molar-refractivity contribution < 1.29 is 0 Å². The van der Waals surface area contributed by atoms with Crippen LogP contribution >= 0.6 is 0 Å². The van der Waals surface area contributed by atoms with Gasteiger partial charge in [0.25, 0.3) is 0 Å². The fourth-order valence-corrected chi connectivity index (χ4v) is 1.93. The van der Waals surface area contributed by atoms with Crippen molar-refractivity contribution in [1.29, 1.82) is 0 Å². The van der Waals surface area contributed by atoms with Crippen LogP contribution in [-0.4, -0.2) is 22.2 Å². The van der Waals surface area contributed by atoms with Gasteiger partial charge >= 0.3 is 0 Å². The lowest BCUT2D eigenvalue weighted by molar-refractivity contribution is 0.480. The fraction of sp³-hybridized carbons (Fsp3) is 0.833. The molecule has 92 valence electrons. The molecule has 0 aromatic carbocycles. The van der Waals surface area contributed by atoms with E-state index in [0.717, 1.165) is 12.2 Å². The van der Waals surface area contributed by atoms with E-state index in [2.05, 4.69) is 27.4 Å². The molecule has 4 nitrogen and oxygen atoms in total. The monoisotopic (exact) mass is 224 g/mol. The van der Waals surface area contributed by atoms with Crippen molar-refractivity contribution in [3.8, 4) is 0 Å². The second kappa shape index (κ2) is 8.28. The third-order valence-electron chi connectivity index (χ3n) is 2.96. The summed E-state index contributed by atoms with van der Waals surface area (Å²) in [6.45, 7) is 2.25. The van der Waals surface area contributed by atoms with Crippen molar-refractivity contribution in [2.45, 2.75) is 57.9 Å². The van der Waals surface area contributed by atoms with Crippen molar-refractivity contribution in [1.82, 2.24) is 20.5 Å². The van der Waals surface area contributed by atoms with E-state index in [1.807, 2.05) is 7.05 Å². The lowest BCUT2D eigenvalue weighted by Crippen LogP contribution is -2.17. The van der Waals surface area contributed by atoms with E-state index in [-0.39, 0.29) is 0 Å². The number of unbranched alkanes of at least 4 members (excludes halogenated alkanes) is 5. The molecule has 0 saturated heterocycles. The van der Waals surface area contributed by atoms with Crippen molar-refractivity contribution in [2.75, 3.05) is 7.05 Å². The summed E-state index contributed by atoms with van der Waals surface area (Å²) in [6.07, 6.45) is 10.7. The molecule has 1 rings (SSSR count). The standard InChI is InChI=1S/C12H24N4/c1-3-4-5-6-7-8-9-11(13-2)12-14-10-15-16-12/h10-11,13H,3-9H2,1-2H3,(H,14,15,16). The molecule has 4 heteroatoms. The van der Waals surface area contributed by atoms with E-state index < -0.39 is 0 Å². The molecule has 0 aliphatic rings. The Morgan fingerprint density at radius 3 is 2.62 bits per heavy atom. The molecule has 0 aliphatic heterocycles. The highest BCUT2D eigenvalue weighted by Crippen LogP contribution is 2.16. The summed E-state index contributed by atoms with van der Waals surface area (Å²) >= 11 is 0. The number of nitrogens with one attached hydrogen (secondary N) is 2. The topological polar surface area (TPSA) is 53.6 Å². The molecule has 0 spiro atoms. The Morgan fingerprint density at radius 2 is 2.00 bits per heavy atom. The summed E-state index contributed by atoms with van der Waals surface area (Å²) in [5.41, 5.74) is 0. The SMILES string of the molecule is CCCCCCCCC(NC)c1ncn[nH]1. The second-order valence-corrected chi connectivity index (χ2v) is 4.27. The Hall–Kier alpha value is -0.900. The molecule has 1 aromatic heterocycles. The molecule has 0 fully saturated rings. The van der Waals surface area contributed by atoms with Gasteiger partial charge in [-0.05, 0) is 13.5 Å². The van der Waals surface area contributed by atoms with E-state index in [0.29, 0.717) is 6.04 Å². The van der Waals surface area contributed by atoms with Gasteiger partial charge in [0.1, 0.15) is 12.2 Å². The van der Waals surface area contributed by atoms with Crippen LogP contribution < -0.4 is 5.32 Å². The van der Waals surface area contributed by atoms with Crippen LogP contribution in [0, 0.1) is 0 Å². The summed E-state index contributed by atoms with van der Waals surface area (Å²) in [7, 11) is 1.98. The highest BCUT2D eigenvalue weighted by Gasteiger charge is 2.10. The molecule has 16 heavy (non-hydrogen) atoms. The molecule has 0 radical (unpaired) electrons. The third-order valence-corrected chi connectivity index (χ3v) is 2.96. The maximum absolute atomic E-state index is 4.19. The van der Waals surface area contributed by atoms with E-state index in [1.165, 1.54) is 38.5 Å². The average molecular weight is 224 g/mol. The Morgan fingerprint density at radius 1 is 1.25 bits per heavy atom. The smallest absolute Gasteiger partial charge is 0.141 e. The van der Waals surface area contributed by atoms with Crippen LogP contribution in [-0.2, 0) is 0 Å². The van der Waals surface area contributed by atoms with Gasteiger partial charge in [-0.3, -0.25) is 5.10 Å². The van der Waals surface area contributed by atoms with Gasteiger partial charge in [0.15, 0.2) is 0 Å². The van der Waals surface area contributed by atoms with E-state index >= 15 is 0 Å². The number of hydrogen-bond donors (Lipinski definition) is 2. The van der Waals surface area contributed by atoms with Gasteiger partial charge in [-0.25, -0.2) is 4.98 Å². The first-order valence-corrected chi connectivity index (χ1v) is 6.41. The maximum atomic E-state index is 4.19. The normalized spacial score (nSPS) is 12.9. The van der Waals surface area contributed by atoms with Crippen LogP contribution in [0.3, 0.4) is 0 Å². The van der Waals surface area contributed by atoms with Gasteiger partial charge in [-0.2, -0.15) is 5.10 Å². The Kier molecular flexibility index (Phi) is 6.81. The Labute approximate surface area is 98.2 Å². The van der Waals surface area contributed by atoms with Gasteiger partial charge < -0.3 is 5.32 Å². The zero-order valence-corrected chi connectivity index (χ0v) is 10.5. The minimum Gasteiger partial charge on any atom is -0.310 e. The summed E-state index contributed by atoms with van der Waals surface area (Å²) in [5.74, 6) is 0.955. The van der Waals surface area contributed by atoms with Crippen LogP contribution in [0.25, 0.3) is 0 Å². The van der Waals surface area contributed by atoms with E-state index in [9.17, 15) is 0 Å². The van der Waals surface area contributed by atoms with Crippen LogP contribution in [0.2, 0.25) is 0 Å². The average Bonchev–Trinajstić information content (AvgIpc) is 2.82. The number of H-pyrrole nitrogens is 1. The highest BCUT2D eigenvalue weighted by atomic mass is 15.2. The van der Waals surface area contributed by atoms with Gasteiger partial charge in [0.05, 0.1) is 6.04 Å². The molecule has 1 unspecified atom stereocenters. The molecular weight excluding hydrogens is 200 g/mol. The third kappa shape index (κ3) is 4.75. The van der Waals surface area contributed by atoms with Crippen molar-refractivity contribution >= 4 is 0 Å². The van der Waals surface area contributed by atoms with Crippen molar-refractivity contribution in [3.63, 3.8) is 0 Å². The number of hydrogen-bond acceptors (Lipinski definition) is 3. The quantitative estimate of drug-likeness (QED) is 0.634. The molecule has 0 aliphatic carbocycles. The maximum Gasteiger partial charge on any atom is 0.141 e. The molecular formula is C12H24N4. The molecule has 0 saturated carbocycles. The minimum atomic E-state index is 0.327. The molecule has 0 bridgehead atoms. The Balaban J connectivity index is 2.11. The van der Waals surface area contributed by atoms with Gasteiger partial charge in [-0.15, -0.1) is 0 Å². The molecule has 1 aromatic rings. The predicted octanol–water partition coefficient (Wildman–Crippen LogP) is 2.82. The lowest BCUT2D eigenvalue weighted by atomic mass is 10.1. The summed E-state index contributed by atoms with van der Waals surface area (Å²) < 4.78 is 0. The summed E-state index contributed by atoms with van der Waals surface area (Å²) in [6, 6.07) is 0.327. The molecule has 1 atom stereocenters. The van der Waals surface area contributed by atoms with E-state index in [4.69, 9.17) is 0 Å². The van der Waals surface area contributed by atoms with Crippen LogP contribution in [0.4, 0.5) is 0 Å². The predicted molar refractivity (Wildman–Crippen MR) is 66.2 cm³/mol. The van der Waals surface area contributed by atoms with Crippen molar-refractivity contribution in [2.24, 2.45) is 0 Å². The number of rotatable bonds is 9. The molecule has 0 amide bonds. The van der Waals surface area contributed by atoms with Gasteiger partial charge in [-0.1, -0.05) is 45.4 Å². The summed E-state index contributed by atoms with van der Waals surface area (Å²) in [5, 5.41) is 10.1. The zero-order valence-electron chi connectivity index (χ0n) is 10.5. The summed E-state index contributed by atoms with van der Waals surface area (Å²) in [4.78, 5) is 4.19. The van der Waals surface area contributed by atoms with E-state index in [1.54, 1.807) is 6.33 Å². The van der Waals surface area contributed by atoms with Crippen molar-refractivity contribution in [3.05, 3.63) is 12.2 Å². The fourth-order valence-electron chi connectivity index (χ4n) is 1.93. The highest BCUT2D eigenvalue weighted by molar-refractivity contribution is 4.90. The lowest BCUT2D eigenvalue weighted by Gasteiger charge is -2.12. The largest absolute Gasteiger partial charge is 0.310 e. The molecule has 1 heterocycles. The molecule has 2 N–H and O–H groups in total. The first-order valence-electron chi connectivity index (χ1n) is 6.41. The van der Waals surface area contributed by atoms with Crippen LogP contribution in [0.5, 0.6) is 0 Å². The number of aromatic amines is 1. The first-order chi connectivity index (χ1) is 7.88.